The normalized spacial score (nSPS) is 18.4. The SMILES string of the molecule is CCCN1Cc2nnc(-c3cc(C)[nH]n3)n2[C@H](C)C1=O. The number of rotatable bonds is 3. The first-order chi connectivity index (χ1) is 9.61. The molecule has 0 unspecified atom stereocenters. The van der Waals surface area contributed by atoms with E-state index in [4.69, 9.17) is 0 Å². The summed E-state index contributed by atoms with van der Waals surface area (Å²) >= 11 is 0. The summed E-state index contributed by atoms with van der Waals surface area (Å²) in [4.78, 5) is 14.2. The molecule has 1 atom stereocenters. The molecule has 1 amide bonds. The van der Waals surface area contributed by atoms with Gasteiger partial charge >= 0.3 is 0 Å². The van der Waals surface area contributed by atoms with Crippen LogP contribution >= 0.6 is 0 Å². The Bertz CT molecular complexity index is 643. The fourth-order valence-electron chi connectivity index (χ4n) is 2.63. The Kier molecular flexibility index (Phi) is 3.04. The van der Waals surface area contributed by atoms with Crippen LogP contribution in [0.4, 0.5) is 0 Å². The zero-order valence-corrected chi connectivity index (χ0v) is 11.9. The van der Waals surface area contributed by atoms with Gasteiger partial charge in [0.25, 0.3) is 0 Å². The number of nitrogens with zero attached hydrogens (tertiary/aromatic N) is 5. The molecule has 0 bridgehead atoms. The van der Waals surface area contributed by atoms with E-state index in [0.29, 0.717) is 12.4 Å². The van der Waals surface area contributed by atoms with Gasteiger partial charge in [-0.3, -0.25) is 14.5 Å². The maximum atomic E-state index is 12.4. The fourth-order valence-corrected chi connectivity index (χ4v) is 2.63. The summed E-state index contributed by atoms with van der Waals surface area (Å²) < 4.78 is 1.89. The summed E-state index contributed by atoms with van der Waals surface area (Å²) in [5.41, 5.74) is 1.68. The molecule has 0 saturated heterocycles. The van der Waals surface area contributed by atoms with Gasteiger partial charge in [-0.05, 0) is 26.3 Å². The molecule has 0 radical (unpaired) electrons. The predicted octanol–water partition coefficient (Wildman–Crippen LogP) is 1.29. The molecule has 1 aliphatic rings. The second-order valence-corrected chi connectivity index (χ2v) is 5.18. The number of amides is 1. The third-order valence-corrected chi connectivity index (χ3v) is 3.58. The summed E-state index contributed by atoms with van der Waals surface area (Å²) in [6.07, 6.45) is 0.942. The zero-order chi connectivity index (χ0) is 14.3. The summed E-state index contributed by atoms with van der Waals surface area (Å²) in [6.45, 7) is 7.16. The quantitative estimate of drug-likeness (QED) is 0.914. The molecule has 7 heteroatoms. The molecule has 1 N–H and O–H groups in total. The average molecular weight is 274 g/mol. The molecule has 20 heavy (non-hydrogen) atoms. The van der Waals surface area contributed by atoms with Crippen molar-refractivity contribution in [2.24, 2.45) is 0 Å². The van der Waals surface area contributed by atoms with Gasteiger partial charge in [-0.1, -0.05) is 6.92 Å². The number of carbonyl (C=O) groups excluding carboxylic acids is 1. The summed E-state index contributed by atoms with van der Waals surface area (Å²) in [6, 6.07) is 1.62. The predicted molar refractivity (Wildman–Crippen MR) is 72.8 cm³/mol. The highest BCUT2D eigenvalue weighted by Gasteiger charge is 2.33. The van der Waals surface area contributed by atoms with E-state index in [9.17, 15) is 4.79 Å². The molecule has 1 aliphatic heterocycles. The Morgan fingerprint density at radius 1 is 1.45 bits per heavy atom. The van der Waals surface area contributed by atoms with Crippen molar-refractivity contribution in [3.63, 3.8) is 0 Å². The van der Waals surface area contributed by atoms with Crippen LogP contribution in [0, 0.1) is 6.92 Å². The fraction of sp³-hybridized carbons (Fsp3) is 0.538. The van der Waals surface area contributed by atoms with Crippen LogP contribution in [-0.4, -0.2) is 42.3 Å². The van der Waals surface area contributed by atoms with Crippen LogP contribution in [-0.2, 0) is 11.3 Å². The van der Waals surface area contributed by atoms with Crippen LogP contribution in [0.15, 0.2) is 6.07 Å². The van der Waals surface area contributed by atoms with Gasteiger partial charge in [0.05, 0.1) is 6.54 Å². The summed E-state index contributed by atoms with van der Waals surface area (Å²) in [5, 5.41) is 15.5. The largest absolute Gasteiger partial charge is 0.333 e. The van der Waals surface area contributed by atoms with Crippen molar-refractivity contribution in [2.75, 3.05) is 6.54 Å². The van der Waals surface area contributed by atoms with E-state index in [2.05, 4.69) is 27.3 Å². The average Bonchev–Trinajstić information content (AvgIpc) is 3.02. The highest BCUT2D eigenvalue weighted by molar-refractivity contribution is 5.81. The zero-order valence-electron chi connectivity index (χ0n) is 11.9. The van der Waals surface area contributed by atoms with E-state index in [0.717, 1.165) is 30.2 Å². The molecule has 0 saturated carbocycles. The summed E-state index contributed by atoms with van der Waals surface area (Å²) in [5.74, 6) is 1.59. The van der Waals surface area contributed by atoms with E-state index in [1.54, 1.807) is 0 Å². The highest BCUT2D eigenvalue weighted by Crippen LogP contribution is 2.27. The molecule has 2 aromatic heterocycles. The molecule has 2 aromatic rings. The van der Waals surface area contributed by atoms with Crippen LogP contribution in [0.1, 0.15) is 37.8 Å². The standard InChI is InChI=1S/C13H18N6O/c1-4-5-18-7-11-16-17-12(10-6-8(2)14-15-10)19(11)9(3)13(18)20/h6,9H,4-5,7H2,1-3H3,(H,14,15)/t9-/m1/s1. The molecule has 0 aliphatic carbocycles. The van der Waals surface area contributed by atoms with E-state index < -0.39 is 0 Å². The molecule has 0 fully saturated rings. The van der Waals surface area contributed by atoms with Crippen LogP contribution in [0.3, 0.4) is 0 Å². The molecule has 7 nitrogen and oxygen atoms in total. The van der Waals surface area contributed by atoms with E-state index >= 15 is 0 Å². The summed E-state index contributed by atoms with van der Waals surface area (Å²) in [7, 11) is 0. The number of aromatic amines is 1. The number of carbonyl (C=O) groups is 1. The van der Waals surface area contributed by atoms with E-state index in [1.807, 2.05) is 29.4 Å². The van der Waals surface area contributed by atoms with Crippen LogP contribution < -0.4 is 0 Å². The Morgan fingerprint density at radius 3 is 2.90 bits per heavy atom. The first-order valence-corrected chi connectivity index (χ1v) is 6.86. The van der Waals surface area contributed by atoms with Gasteiger partial charge in [0.15, 0.2) is 11.6 Å². The third kappa shape index (κ3) is 1.90. The van der Waals surface area contributed by atoms with Crippen molar-refractivity contribution >= 4 is 5.91 Å². The molecule has 0 spiro atoms. The van der Waals surface area contributed by atoms with Gasteiger partial charge in [-0.15, -0.1) is 10.2 Å². The van der Waals surface area contributed by atoms with Gasteiger partial charge in [0.2, 0.25) is 5.91 Å². The second-order valence-electron chi connectivity index (χ2n) is 5.18. The Labute approximate surface area is 117 Å². The number of nitrogens with one attached hydrogen (secondary N) is 1. The molecular formula is C13H18N6O. The monoisotopic (exact) mass is 274 g/mol. The van der Waals surface area contributed by atoms with Gasteiger partial charge < -0.3 is 4.90 Å². The smallest absolute Gasteiger partial charge is 0.245 e. The van der Waals surface area contributed by atoms with Gasteiger partial charge in [0, 0.05) is 12.2 Å². The van der Waals surface area contributed by atoms with E-state index in [-0.39, 0.29) is 11.9 Å². The number of fused-ring (bicyclic) bond motifs is 1. The van der Waals surface area contributed by atoms with Crippen LogP contribution in [0.5, 0.6) is 0 Å². The minimum Gasteiger partial charge on any atom is -0.333 e. The van der Waals surface area contributed by atoms with Gasteiger partial charge in [0.1, 0.15) is 11.7 Å². The molecule has 3 heterocycles. The van der Waals surface area contributed by atoms with Crippen molar-refractivity contribution in [1.82, 2.24) is 29.9 Å². The third-order valence-electron chi connectivity index (χ3n) is 3.58. The van der Waals surface area contributed by atoms with Crippen LogP contribution in [0.2, 0.25) is 0 Å². The second kappa shape index (κ2) is 4.73. The lowest BCUT2D eigenvalue weighted by atomic mass is 10.2. The van der Waals surface area contributed by atoms with Crippen molar-refractivity contribution in [2.45, 2.75) is 39.8 Å². The minimum absolute atomic E-state index is 0.118. The van der Waals surface area contributed by atoms with Crippen molar-refractivity contribution in [1.29, 1.82) is 0 Å². The lowest BCUT2D eigenvalue weighted by Gasteiger charge is -2.31. The molecule has 106 valence electrons. The van der Waals surface area contributed by atoms with Crippen molar-refractivity contribution < 1.29 is 4.79 Å². The molecular weight excluding hydrogens is 256 g/mol. The lowest BCUT2D eigenvalue weighted by Crippen LogP contribution is -2.42. The first kappa shape index (κ1) is 12.8. The maximum Gasteiger partial charge on any atom is 0.245 e. The number of aromatic nitrogens is 5. The minimum atomic E-state index is -0.285. The van der Waals surface area contributed by atoms with E-state index in [1.165, 1.54) is 0 Å². The highest BCUT2D eigenvalue weighted by atomic mass is 16.2. The van der Waals surface area contributed by atoms with Crippen molar-refractivity contribution in [3.05, 3.63) is 17.6 Å². The van der Waals surface area contributed by atoms with Gasteiger partial charge in [-0.2, -0.15) is 5.10 Å². The maximum absolute atomic E-state index is 12.4. The number of aryl methyl sites for hydroxylation is 1. The first-order valence-electron chi connectivity index (χ1n) is 6.86. The topological polar surface area (TPSA) is 79.7 Å². The number of hydrogen-bond donors (Lipinski definition) is 1. The van der Waals surface area contributed by atoms with Crippen molar-refractivity contribution in [3.8, 4) is 11.5 Å². The molecule has 0 aromatic carbocycles. The van der Waals surface area contributed by atoms with Gasteiger partial charge in [-0.25, -0.2) is 0 Å². The Balaban J connectivity index is 2.02. The number of hydrogen-bond acceptors (Lipinski definition) is 4. The number of H-pyrrole nitrogens is 1. The Hall–Kier alpha value is -2.18. The lowest BCUT2D eigenvalue weighted by molar-refractivity contribution is -0.136. The molecule has 3 rings (SSSR count). The van der Waals surface area contributed by atoms with Crippen LogP contribution in [0.25, 0.3) is 11.5 Å². The Morgan fingerprint density at radius 2 is 2.25 bits per heavy atom.